The molecule has 0 N–H and O–H groups in total. The third kappa shape index (κ3) is 4.07. The van der Waals surface area contributed by atoms with Crippen LogP contribution in [0.3, 0.4) is 0 Å². The smallest absolute Gasteiger partial charge is 0.0780 e. The van der Waals surface area contributed by atoms with Gasteiger partial charge in [-0.1, -0.05) is 153 Å². The Morgan fingerprint density at radius 1 is 0.469 bits per heavy atom. The molecule has 0 aliphatic heterocycles. The minimum atomic E-state index is -0.194. The van der Waals surface area contributed by atoms with Crippen molar-refractivity contribution >= 4 is 43.4 Å². The standard InChI is InChI=1S/C47H32N2/c1-47(2)40-19-8-7-17-39(40)46-44(47)42(43-34-14-4-3-11-29(34)24-27-41(43)49-46)31-22-20-30(21-23-31)33-25-26-37(36-16-6-5-15-35(33)36)38-18-9-12-32-13-10-28-48-45(32)38/h3-28H,1-2H3. The van der Waals surface area contributed by atoms with Crippen LogP contribution < -0.4 is 0 Å². The lowest BCUT2D eigenvalue weighted by molar-refractivity contribution is 0.662. The van der Waals surface area contributed by atoms with Crippen LogP contribution in [0.4, 0.5) is 0 Å². The molecule has 2 nitrogen and oxygen atoms in total. The van der Waals surface area contributed by atoms with Crippen molar-refractivity contribution < 1.29 is 0 Å². The molecule has 230 valence electrons. The van der Waals surface area contributed by atoms with Gasteiger partial charge in [0.05, 0.1) is 16.7 Å². The van der Waals surface area contributed by atoms with Crippen LogP contribution in [0.15, 0.2) is 158 Å². The van der Waals surface area contributed by atoms with E-state index >= 15 is 0 Å². The molecular weight excluding hydrogens is 593 g/mol. The second kappa shape index (κ2) is 10.4. The van der Waals surface area contributed by atoms with Gasteiger partial charge in [-0.15, -0.1) is 0 Å². The zero-order chi connectivity index (χ0) is 32.7. The third-order valence-corrected chi connectivity index (χ3v) is 10.7. The van der Waals surface area contributed by atoms with Gasteiger partial charge in [-0.25, -0.2) is 4.98 Å². The first-order valence-corrected chi connectivity index (χ1v) is 17.0. The highest BCUT2D eigenvalue weighted by atomic mass is 14.7. The first kappa shape index (κ1) is 27.9. The van der Waals surface area contributed by atoms with Crippen LogP contribution >= 0.6 is 0 Å². The van der Waals surface area contributed by atoms with Gasteiger partial charge in [0.25, 0.3) is 0 Å². The van der Waals surface area contributed by atoms with Gasteiger partial charge >= 0.3 is 0 Å². The van der Waals surface area contributed by atoms with Gasteiger partial charge in [0.2, 0.25) is 0 Å². The first-order chi connectivity index (χ1) is 24.1. The van der Waals surface area contributed by atoms with Gasteiger partial charge in [0, 0.05) is 33.5 Å². The van der Waals surface area contributed by atoms with Crippen LogP contribution in [-0.4, -0.2) is 9.97 Å². The molecule has 0 atom stereocenters. The molecule has 0 radical (unpaired) electrons. The van der Waals surface area contributed by atoms with E-state index in [1.165, 1.54) is 71.4 Å². The Labute approximate surface area is 285 Å². The Kier molecular flexibility index (Phi) is 5.95. The molecule has 0 unspecified atom stereocenters. The highest BCUT2D eigenvalue weighted by molar-refractivity contribution is 6.16. The summed E-state index contributed by atoms with van der Waals surface area (Å²) < 4.78 is 0. The van der Waals surface area contributed by atoms with Crippen LogP contribution in [-0.2, 0) is 5.41 Å². The van der Waals surface area contributed by atoms with Gasteiger partial charge in [0.15, 0.2) is 0 Å². The van der Waals surface area contributed by atoms with E-state index in [1.807, 2.05) is 12.3 Å². The van der Waals surface area contributed by atoms with Crippen molar-refractivity contribution in [2.45, 2.75) is 19.3 Å². The van der Waals surface area contributed by atoms with Crippen LogP contribution in [0.2, 0.25) is 0 Å². The van der Waals surface area contributed by atoms with Gasteiger partial charge in [-0.2, -0.15) is 0 Å². The van der Waals surface area contributed by atoms with Crippen molar-refractivity contribution in [3.8, 4) is 44.6 Å². The Balaban J connectivity index is 1.18. The number of nitrogens with zero attached hydrogens (tertiary/aromatic N) is 2. The molecule has 2 heterocycles. The average Bonchev–Trinajstić information content (AvgIpc) is 3.39. The molecular formula is C47H32N2. The number of fused-ring (bicyclic) bond motifs is 8. The Bertz CT molecular complexity index is 2780. The molecule has 1 aliphatic rings. The van der Waals surface area contributed by atoms with Crippen molar-refractivity contribution in [2.75, 3.05) is 0 Å². The maximum atomic E-state index is 5.38. The fraction of sp³-hybridized carbons (Fsp3) is 0.0638. The van der Waals surface area contributed by atoms with E-state index in [1.54, 1.807) is 0 Å². The van der Waals surface area contributed by atoms with Crippen molar-refractivity contribution in [1.29, 1.82) is 0 Å². The van der Waals surface area contributed by atoms with Crippen molar-refractivity contribution in [1.82, 2.24) is 9.97 Å². The number of aromatic nitrogens is 2. The van der Waals surface area contributed by atoms with Crippen LogP contribution in [0.25, 0.3) is 88.0 Å². The first-order valence-electron chi connectivity index (χ1n) is 17.0. The third-order valence-electron chi connectivity index (χ3n) is 10.7. The van der Waals surface area contributed by atoms with Crippen LogP contribution in [0, 0.1) is 0 Å². The summed E-state index contributed by atoms with van der Waals surface area (Å²) in [5.41, 5.74) is 14.1. The molecule has 9 aromatic rings. The van der Waals surface area contributed by atoms with Crippen molar-refractivity contribution in [3.05, 3.63) is 169 Å². The summed E-state index contributed by atoms with van der Waals surface area (Å²) in [7, 11) is 0. The highest BCUT2D eigenvalue weighted by Gasteiger charge is 2.39. The van der Waals surface area contributed by atoms with Crippen LogP contribution in [0.1, 0.15) is 25.0 Å². The molecule has 7 aromatic carbocycles. The molecule has 0 amide bonds. The second-order valence-corrected chi connectivity index (χ2v) is 13.7. The summed E-state index contributed by atoms with van der Waals surface area (Å²) in [6.45, 7) is 4.71. The second-order valence-electron chi connectivity index (χ2n) is 13.7. The zero-order valence-corrected chi connectivity index (χ0v) is 27.4. The average molecular weight is 625 g/mol. The van der Waals surface area contributed by atoms with E-state index in [9.17, 15) is 0 Å². The lowest BCUT2D eigenvalue weighted by Crippen LogP contribution is -2.16. The molecule has 2 aromatic heterocycles. The van der Waals surface area contributed by atoms with Crippen molar-refractivity contribution in [3.63, 3.8) is 0 Å². The Morgan fingerprint density at radius 3 is 1.98 bits per heavy atom. The summed E-state index contributed by atoms with van der Waals surface area (Å²) in [4.78, 5) is 10.1. The number of pyridine rings is 2. The van der Waals surface area contributed by atoms with E-state index in [4.69, 9.17) is 9.97 Å². The molecule has 2 heteroatoms. The van der Waals surface area contributed by atoms with Gasteiger partial charge in [-0.3, -0.25) is 4.98 Å². The lowest BCUT2D eigenvalue weighted by Gasteiger charge is -2.26. The molecule has 49 heavy (non-hydrogen) atoms. The summed E-state index contributed by atoms with van der Waals surface area (Å²) in [6.07, 6.45) is 1.88. The predicted molar refractivity (Wildman–Crippen MR) is 206 cm³/mol. The van der Waals surface area contributed by atoms with Crippen molar-refractivity contribution in [2.24, 2.45) is 0 Å². The highest BCUT2D eigenvalue weighted by Crippen LogP contribution is 2.54. The summed E-state index contributed by atoms with van der Waals surface area (Å²) in [5, 5.41) is 7.31. The van der Waals surface area contributed by atoms with E-state index in [-0.39, 0.29) is 5.41 Å². The predicted octanol–water partition coefficient (Wildman–Crippen LogP) is 12.4. The number of rotatable bonds is 3. The van der Waals surface area contributed by atoms with Gasteiger partial charge in [0.1, 0.15) is 0 Å². The lowest BCUT2D eigenvalue weighted by atomic mass is 9.78. The SMILES string of the molecule is CC1(C)c2ccccc2-c2nc3ccc4ccccc4c3c(-c3ccc(-c4ccc(-c5cccc6cccnc56)c5ccccc45)cc3)c21. The molecule has 0 fully saturated rings. The monoisotopic (exact) mass is 624 g/mol. The van der Waals surface area contributed by atoms with Gasteiger partial charge < -0.3 is 0 Å². The molecule has 0 spiro atoms. The minimum Gasteiger partial charge on any atom is -0.256 e. The van der Waals surface area contributed by atoms with E-state index in [2.05, 4.69) is 159 Å². The van der Waals surface area contributed by atoms with E-state index in [0.717, 1.165) is 27.7 Å². The molecule has 0 saturated heterocycles. The number of hydrogen-bond acceptors (Lipinski definition) is 2. The zero-order valence-electron chi connectivity index (χ0n) is 27.4. The Hall–Kier alpha value is -6.12. The normalized spacial score (nSPS) is 13.3. The molecule has 0 saturated carbocycles. The fourth-order valence-corrected chi connectivity index (χ4v) is 8.42. The van der Waals surface area contributed by atoms with E-state index in [0.29, 0.717) is 0 Å². The summed E-state index contributed by atoms with van der Waals surface area (Å²) >= 11 is 0. The molecule has 1 aliphatic carbocycles. The number of para-hydroxylation sites is 1. The molecule has 10 rings (SSSR count). The fourth-order valence-electron chi connectivity index (χ4n) is 8.42. The van der Waals surface area contributed by atoms with Crippen LogP contribution in [0.5, 0.6) is 0 Å². The maximum Gasteiger partial charge on any atom is 0.0780 e. The van der Waals surface area contributed by atoms with E-state index < -0.39 is 0 Å². The summed E-state index contributed by atoms with van der Waals surface area (Å²) in [6, 6.07) is 55.1. The topological polar surface area (TPSA) is 25.8 Å². The Morgan fingerprint density at radius 2 is 1.12 bits per heavy atom. The van der Waals surface area contributed by atoms with Gasteiger partial charge in [-0.05, 0) is 72.6 Å². The number of benzene rings is 7. The molecule has 0 bridgehead atoms. The largest absolute Gasteiger partial charge is 0.256 e. The quantitative estimate of drug-likeness (QED) is 0.183. The number of hydrogen-bond donors (Lipinski definition) is 0. The maximum absolute atomic E-state index is 5.38. The minimum absolute atomic E-state index is 0.194. The summed E-state index contributed by atoms with van der Waals surface area (Å²) in [5.74, 6) is 0.